The molecule has 2 rings (SSSR count). The molecule has 1 amide bonds. The second-order valence-corrected chi connectivity index (χ2v) is 5.64. The summed E-state index contributed by atoms with van der Waals surface area (Å²) in [4.78, 5) is 11.4. The van der Waals surface area contributed by atoms with E-state index in [2.05, 4.69) is 15.5 Å². The molecule has 1 unspecified atom stereocenters. The van der Waals surface area contributed by atoms with Crippen LogP contribution in [0.15, 0.2) is 23.4 Å². The van der Waals surface area contributed by atoms with Crippen molar-refractivity contribution in [3.8, 4) is 11.4 Å². The predicted molar refractivity (Wildman–Crippen MR) is 79.6 cm³/mol. The van der Waals surface area contributed by atoms with Crippen molar-refractivity contribution in [2.45, 2.75) is 30.7 Å². The minimum absolute atomic E-state index is 0.370. The van der Waals surface area contributed by atoms with Gasteiger partial charge in [0.2, 0.25) is 11.1 Å². The number of thioether (sulfide) groups is 1. The van der Waals surface area contributed by atoms with E-state index in [9.17, 15) is 4.79 Å². The third-order valence-electron chi connectivity index (χ3n) is 2.94. The van der Waals surface area contributed by atoms with Crippen LogP contribution in [0.2, 0.25) is 0 Å². The number of amides is 1. The molecule has 0 bridgehead atoms. The molecule has 0 aliphatic rings. The Morgan fingerprint density at radius 2 is 2.29 bits per heavy atom. The van der Waals surface area contributed by atoms with Crippen LogP contribution in [0.4, 0.5) is 0 Å². The Hall–Kier alpha value is -2.09. The van der Waals surface area contributed by atoms with Crippen molar-refractivity contribution in [1.29, 1.82) is 0 Å². The van der Waals surface area contributed by atoms with Gasteiger partial charge in [0.15, 0.2) is 0 Å². The smallest absolute Gasteiger partial charge is 0.231 e. The van der Waals surface area contributed by atoms with Gasteiger partial charge >= 0.3 is 0 Å². The molecule has 0 saturated heterocycles. The van der Waals surface area contributed by atoms with Crippen molar-refractivity contribution >= 4 is 17.7 Å². The Bertz CT molecular complexity index is 643. The summed E-state index contributed by atoms with van der Waals surface area (Å²) in [6, 6.07) is 5.72. The number of hydrogen-bond donors (Lipinski definition) is 1. The Kier molecular flexibility index (Phi) is 4.79. The zero-order valence-corrected chi connectivity index (χ0v) is 12.9. The van der Waals surface area contributed by atoms with E-state index in [0.717, 1.165) is 11.3 Å². The highest BCUT2D eigenvalue weighted by Gasteiger charge is 2.21. The molecule has 112 valence electrons. The molecule has 0 radical (unpaired) electrons. The summed E-state index contributed by atoms with van der Waals surface area (Å²) in [5, 5.41) is 11.8. The fraction of sp³-hybridized carbons (Fsp3) is 0.385. The minimum atomic E-state index is -0.381. The number of nitrogens with two attached hydrogens (primary N) is 1. The van der Waals surface area contributed by atoms with Gasteiger partial charge in [-0.15, -0.1) is 5.10 Å². The fourth-order valence-corrected chi connectivity index (χ4v) is 2.69. The van der Waals surface area contributed by atoms with Crippen LogP contribution in [0.25, 0.3) is 5.69 Å². The van der Waals surface area contributed by atoms with Crippen LogP contribution in [0, 0.1) is 6.92 Å². The van der Waals surface area contributed by atoms with Gasteiger partial charge in [-0.25, -0.2) is 0 Å². The standard InChI is InChI=1S/C13H17N5O2S/c1-4-11(12(14)19)21-13-15-16-17-18(13)9-7-8(2)5-6-10(9)20-3/h5-7,11H,4H2,1-3H3,(H2,14,19). The molecule has 0 saturated carbocycles. The molecular formula is C13H17N5O2S. The van der Waals surface area contributed by atoms with Crippen LogP contribution in [0.1, 0.15) is 18.9 Å². The van der Waals surface area contributed by atoms with Gasteiger partial charge in [0.1, 0.15) is 11.4 Å². The lowest BCUT2D eigenvalue weighted by Crippen LogP contribution is -2.25. The summed E-state index contributed by atoms with van der Waals surface area (Å²) in [7, 11) is 1.59. The maximum absolute atomic E-state index is 11.4. The average molecular weight is 307 g/mol. The van der Waals surface area contributed by atoms with E-state index in [1.165, 1.54) is 11.8 Å². The number of aromatic nitrogens is 4. The second kappa shape index (κ2) is 6.57. The largest absolute Gasteiger partial charge is 0.494 e. The van der Waals surface area contributed by atoms with Crippen LogP contribution >= 0.6 is 11.8 Å². The van der Waals surface area contributed by atoms with Crippen molar-refractivity contribution in [2.75, 3.05) is 7.11 Å². The zero-order chi connectivity index (χ0) is 15.4. The molecule has 7 nitrogen and oxygen atoms in total. The van der Waals surface area contributed by atoms with Gasteiger partial charge < -0.3 is 10.5 Å². The van der Waals surface area contributed by atoms with Crippen molar-refractivity contribution < 1.29 is 9.53 Å². The first-order valence-corrected chi connectivity index (χ1v) is 7.34. The van der Waals surface area contributed by atoms with Crippen LogP contribution in [0.5, 0.6) is 5.75 Å². The molecule has 2 aromatic rings. The Labute approximate surface area is 126 Å². The fourth-order valence-electron chi connectivity index (χ4n) is 1.84. The van der Waals surface area contributed by atoms with Gasteiger partial charge in [0.05, 0.1) is 12.4 Å². The monoisotopic (exact) mass is 307 g/mol. The molecule has 1 heterocycles. The maximum atomic E-state index is 11.4. The summed E-state index contributed by atoms with van der Waals surface area (Å²) < 4.78 is 6.90. The molecule has 2 N–H and O–H groups in total. The van der Waals surface area contributed by atoms with Crippen LogP contribution in [0.3, 0.4) is 0 Å². The highest BCUT2D eigenvalue weighted by atomic mass is 32.2. The molecule has 8 heteroatoms. The van der Waals surface area contributed by atoms with Gasteiger partial charge in [0.25, 0.3) is 0 Å². The van der Waals surface area contributed by atoms with Gasteiger partial charge in [-0.1, -0.05) is 24.8 Å². The molecule has 0 fully saturated rings. The highest BCUT2D eigenvalue weighted by Crippen LogP contribution is 2.29. The molecule has 0 aliphatic carbocycles. The van der Waals surface area contributed by atoms with E-state index < -0.39 is 0 Å². The van der Waals surface area contributed by atoms with E-state index in [-0.39, 0.29) is 11.2 Å². The van der Waals surface area contributed by atoms with E-state index in [0.29, 0.717) is 17.3 Å². The second-order valence-electron chi connectivity index (χ2n) is 4.47. The lowest BCUT2D eigenvalue weighted by Gasteiger charge is -2.12. The highest BCUT2D eigenvalue weighted by molar-refractivity contribution is 8.00. The Morgan fingerprint density at radius 1 is 1.52 bits per heavy atom. The number of aryl methyl sites for hydroxylation is 1. The number of rotatable bonds is 6. The van der Waals surface area contributed by atoms with E-state index in [1.54, 1.807) is 11.8 Å². The molecule has 1 aromatic carbocycles. The number of tetrazole rings is 1. The Morgan fingerprint density at radius 3 is 2.90 bits per heavy atom. The lowest BCUT2D eigenvalue weighted by molar-refractivity contribution is -0.117. The molecule has 21 heavy (non-hydrogen) atoms. The van der Waals surface area contributed by atoms with Crippen LogP contribution in [-0.4, -0.2) is 38.5 Å². The van der Waals surface area contributed by atoms with Crippen LogP contribution in [-0.2, 0) is 4.79 Å². The minimum Gasteiger partial charge on any atom is -0.494 e. The van der Waals surface area contributed by atoms with E-state index >= 15 is 0 Å². The number of benzene rings is 1. The van der Waals surface area contributed by atoms with Gasteiger partial charge in [-0.05, 0) is 41.5 Å². The normalized spacial score (nSPS) is 12.1. The number of hydrogen-bond acceptors (Lipinski definition) is 6. The first-order chi connectivity index (χ1) is 10.1. The van der Waals surface area contributed by atoms with E-state index in [4.69, 9.17) is 10.5 Å². The number of carbonyl (C=O) groups excluding carboxylic acids is 1. The van der Waals surface area contributed by atoms with Gasteiger partial charge in [0, 0.05) is 0 Å². The molecule has 1 aromatic heterocycles. The number of ether oxygens (including phenoxy) is 1. The van der Waals surface area contributed by atoms with Crippen molar-refractivity contribution in [3.05, 3.63) is 23.8 Å². The summed E-state index contributed by atoms with van der Waals surface area (Å²) >= 11 is 1.25. The van der Waals surface area contributed by atoms with Crippen molar-refractivity contribution in [2.24, 2.45) is 5.73 Å². The first kappa shape index (κ1) is 15.3. The maximum Gasteiger partial charge on any atom is 0.231 e. The number of nitrogens with zero attached hydrogens (tertiary/aromatic N) is 4. The zero-order valence-electron chi connectivity index (χ0n) is 12.1. The summed E-state index contributed by atoms with van der Waals surface area (Å²) in [6.45, 7) is 3.86. The predicted octanol–water partition coefficient (Wildman–Crippen LogP) is 1.34. The average Bonchev–Trinajstić information content (AvgIpc) is 2.92. The quantitative estimate of drug-likeness (QED) is 0.809. The summed E-state index contributed by atoms with van der Waals surface area (Å²) in [6.07, 6.45) is 0.609. The Balaban J connectivity index is 2.41. The molecule has 1 atom stereocenters. The summed E-state index contributed by atoms with van der Waals surface area (Å²) in [5.74, 6) is 0.273. The molecule has 0 spiro atoms. The number of methoxy groups -OCH3 is 1. The molecular weight excluding hydrogens is 290 g/mol. The third-order valence-corrected chi connectivity index (χ3v) is 4.25. The van der Waals surface area contributed by atoms with Crippen molar-refractivity contribution in [3.63, 3.8) is 0 Å². The van der Waals surface area contributed by atoms with Gasteiger partial charge in [-0.3, -0.25) is 4.79 Å². The van der Waals surface area contributed by atoms with Crippen LogP contribution < -0.4 is 10.5 Å². The number of primary amides is 1. The summed E-state index contributed by atoms with van der Waals surface area (Å²) in [5.41, 5.74) is 7.15. The number of carbonyl (C=O) groups is 1. The topological polar surface area (TPSA) is 95.9 Å². The van der Waals surface area contributed by atoms with E-state index in [1.807, 2.05) is 32.0 Å². The van der Waals surface area contributed by atoms with Gasteiger partial charge in [-0.2, -0.15) is 4.68 Å². The van der Waals surface area contributed by atoms with Crippen molar-refractivity contribution in [1.82, 2.24) is 20.2 Å². The third kappa shape index (κ3) is 3.33. The SMILES string of the molecule is CCC(Sc1nnnn1-c1cc(C)ccc1OC)C(N)=O. The lowest BCUT2D eigenvalue weighted by atomic mass is 10.2. The first-order valence-electron chi connectivity index (χ1n) is 6.46. The molecule has 0 aliphatic heterocycles.